The number of nitrogens with zero attached hydrogens (tertiary/aromatic N) is 2. The summed E-state index contributed by atoms with van der Waals surface area (Å²) in [7, 11) is 2.03. The highest BCUT2D eigenvalue weighted by molar-refractivity contribution is 5.81. The van der Waals surface area contributed by atoms with E-state index in [1.54, 1.807) is 0 Å². The van der Waals surface area contributed by atoms with Gasteiger partial charge in [-0.3, -0.25) is 9.69 Å². The Labute approximate surface area is 124 Å². The van der Waals surface area contributed by atoms with Gasteiger partial charge in [-0.2, -0.15) is 0 Å². The fourth-order valence-corrected chi connectivity index (χ4v) is 2.95. The number of H-pyrrole nitrogens is 1. The number of aromatic nitrogens is 2. The molecule has 2 heterocycles. The van der Waals surface area contributed by atoms with Crippen molar-refractivity contribution in [2.24, 2.45) is 0 Å². The number of imidazole rings is 1. The molecule has 1 fully saturated rings. The fourth-order valence-electron chi connectivity index (χ4n) is 2.95. The lowest BCUT2D eigenvalue weighted by Gasteiger charge is -2.31. The largest absolute Gasteiger partial charge is 0.354 e. The van der Waals surface area contributed by atoms with Crippen LogP contribution in [0.15, 0.2) is 24.3 Å². The zero-order valence-corrected chi connectivity index (χ0v) is 12.4. The van der Waals surface area contributed by atoms with Gasteiger partial charge in [0.2, 0.25) is 5.91 Å². The lowest BCUT2D eigenvalue weighted by atomic mass is 10.0. The van der Waals surface area contributed by atoms with E-state index >= 15 is 0 Å². The second kappa shape index (κ2) is 6.26. The summed E-state index contributed by atoms with van der Waals surface area (Å²) in [6, 6.07) is 8.01. The summed E-state index contributed by atoms with van der Waals surface area (Å²) in [5.41, 5.74) is 2.02. The highest BCUT2D eigenvalue weighted by atomic mass is 16.2. The molecule has 2 N–H and O–H groups in total. The first-order valence-electron chi connectivity index (χ1n) is 7.65. The van der Waals surface area contributed by atoms with Crippen molar-refractivity contribution >= 4 is 16.9 Å². The van der Waals surface area contributed by atoms with Crippen LogP contribution in [0.2, 0.25) is 0 Å². The van der Waals surface area contributed by atoms with E-state index in [1.807, 2.05) is 31.3 Å². The van der Waals surface area contributed by atoms with Crippen molar-refractivity contribution in [3.05, 3.63) is 30.1 Å². The number of para-hydroxylation sites is 2. The maximum Gasteiger partial charge on any atom is 0.237 e. The Morgan fingerprint density at radius 3 is 3.10 bits per heavy atom. The van der Waals surface area contributed by atoms with Crippen LogP contribution in [-0.2, 0) is 11.2 Å². The molecule has 112 valence electrons. The number of hydrogen-bond donors (Lipinski definition) is 2. The quantitative estimate of drug-likeness (QED) is 0.899. The van der Waals surface area contributed by atoms with Crippen LogP contribution in [0, 0.1) is 0 Å². The molecule has 0 saturated carbocycles. The first kappa shape index (κ1) is 14.1. The molecule has 0 aliphatic carbocycles. The standard InChI is InChI=1S/C16H22N4O/c1-20-11-5-4-8-14(20)16(21)17-10-9-15-18-12-6-2-3-7-13(12)19-15/h2-3,6-7,14H,4-5,8-11H2,1H3,(H,17,21)(H,18,19)/t14-/m1/s1. The van der Waals surface area contributed by atoms with Gasteiger partial charge in [0.1, 0.15) is 5.82 Å². The normalized spacial score (nSPS) is 19.8. The third-order valence-electron chi connectivity index (χ3n) is 4.17. The second-order valence-corrected chi connectivity index (χ2v) is 5.73. The average Bonchev–Trinajstić information content (AvgIpc) is 2.90. The van der Waals surface area contributed by atoms with Gasteiger partial charge in [0.25, 0.3) is 0 Å². The topological polar surface area (TPSA) is 61.0 Å². The molecular formula is C16H22N4O. The van der Waals surface area contributed by atoms with Gasteiger partial charge < -0.3 is 10.3 Å². The molecule has 0 radical (unpaired) electrons. The van der Waals surface area contributed by atoms with Gasteiger partial charge in [-0.15, -0.1) is 0 Å². The number of hydrogen-bond acceptors (Lipinski definition) is 3. The van der Waals surface area contributed by atoms with E-state index in [0.29, 0.717) is 6.54 Å². The summed E-state index contributed by atoms with van der Waals surface area (Å²) < 4.78 is 0. The lowest BCUT2D eigenvalue weighted by Crippen LogP contribution is -2.47. The summed E-state index contributed by atoms with van der Waals surface area (Å²) in [6.45, 7) is 1.64. The van der Waals surface area contributed by atoms with Crippen molar-refractivity contribution in [3.63, 3.8) is 0 Å². The number of aromatic amines is 1. The van der Waals surface area contributed by atoms with Crippen LogP contribution in [0.25, 0.3) is 11.0 Å². The molecule has 5 heteroatoms. The first-order chi connectivity index (χ1) is 10.2. The van der Waals surface area contributed by atoms with Gasteiger partial charge in [0, 0.05) is 13.0 Å². The molecule has 1 amide bonds. The van der Waals surface area contributed by atoms with E-state index in [4.69, 9.17) is 0 Å². The monoisotopic (exact) mass is 286 g/mol. The summed E-state index contributed by atoms with van der Waals surface area (Å²) in [5.74, 6) is 1.07. The van der Waals surface area contributed by atoms with Crippen LogP contribution in [0.3, 0.4) is 0 Å². The molecule has 1 aliphatic rings. The zero-order chi connectivity index (χ0) is 14.7. The Morgan fingerprint density at radius 1 is 1.43 bits per heavy atom. The summed E-state index contributed by atoms with van der Waals surface area (Å²) in [5, 5.41) is 3.04. The van der Waals surface area contributed by atoms with Crippen LogP contribution in [-0.4, -0.2) is 47.0 Å². The van der Waals surface area contributed by atoms with Gasteiger partial charge in [-0.05, 0) is 38.6 Å². The Kier molecular flexibility index (Phi) is 4.20. The fraction of sp³-hybridized carbons (Fsp3) is 0.500. The first-order valence-corrected chi connectivity index (χ1v) is 7.65. The van der Waals surface area contributed by atoms with Crippen molar-refractivity contribution in [1.29, 1.82) is 0 Å². The van der Waals surface area contributed by atoms with Crippen molar-refractivity contribution in [2.45, 2.75) is 31.7 Å². The number of carbonyl (C=O) groups is 1. The molecule has 5 nitrogen and oxygen atoms in total. The molecule has 2 aromatic rings. The van der Waals surface area contributed by atoms with Gasteiger partial charge in [0.15, 0.2) is 0 Å². The smallest absolute Gasteiger partial charge is 0.237 e. The number of benzene rings is 1. The SMILES string of the molecule is CN1CCCC[C@@H]1C(=O)NCCc1nc2ccccc2[nH]1. The van der Waals surface area contributed by atoms with E-state index in [-0.39, 0.29) is 11.9 Å². The number of nitrogens with one attached hydrogen (secondary N) is 2. The van der Waals surface area contributed by atoms with E-state index in [2.05, 4.69) is 20.2 Å². The average molecular weight is 286 g/mol. The van der Waals surface area contributed by atoms with E-state index < -0.39 is 0 Å². The minimum Gasteiger partial charge on any atom is -0.354 e. The molecule has 1 aliphatic heterocycles. The van der Waals surface area contributed by atoms with Gasteiger partial charge in [-0.25, -0.2) is 4.98 Å². The van der Waals surface area contributed by atoms with Crippen LogP contribution in [0.4, 0.5) is 0 Å². The van der Waals surface area contributed by atoms with Crippen LogP contribution in [0.5, 0.6) is 0 Å². The Hall–Kier alpha value is -1.88. The van der Waals surface area contributed by atoms with Gasteiger partial charge >= 0.3 is 0 Å². The Bertz CT molecular complexity index is 589. The van der Waals surface area contributed by atoms with Gasteiger partial charge in [0.05, 0.1) is 17.1 Å². The predicted octanol–water partition coefficient (Wildman–Crippen LogP) is 1.71. The van der Waals surface area contributed by atoms with E-state index in [0.717, 1.165) is 42.7 Å². The second-order valence-electron chi connectivity index (χ2n) is 5.73. The predicted molar refractivity (Wildman–Crippen MR) is 83.1 cm³/mol. The lowest BCUT2D eigenvalue weighted by molar-refractivity contribution is -0.126. The molecule has 1 aromatic carbocycles. The third-order valence-corrected chi connectivity index (χ3v) is 4.17. The van der Waals surface area contributed by atoms with Gasteiger partial charge in [-0.1, -0.05) is 18.6 Å². The molecule has 0 spiro atoms. The zero-order valence-electron chi connectivity index (χ0n) is 12.4. The van der Waals surface area contributed by atoms with Crippen LogP contribution >= 0.6 is 0 Å². The van der Waals surface area contributed by atoms with Crippen molar-refractivity contribution in [1.82, 2.24) is 20.2 Å². The minimum atomic E-state index is 0.0365. The van der Waals surface area contributed by atoms with Crippen LogP contribution < -0.4 is 5.32 Å². The summed E-state index contributed by atoms with van der Waals surface area (Å²) in [6.07, 6.45) is 4.04. The highest BCUT2D eigenvalue weighted by Crippen LogP contribution is 2.15. The number of rotatable bonds is 4. The molecule has 1 atom stereocenters. The maximum absolute atomic E-state index is 12.2. The maximum atomic E-state index is 12.2. The summed E-state index contributed by atoms with van der Waals surface area (Å²) in [4.78, 5) is 22.1. The van der Waals surface area contributed by atoms with Crippen molar-refractivity contribution < 1.29 is 4.79 Å². The number of likely N-dealkylation sites (tertiary alicyclic amines) is 1. The molecule has 0 unspecified atom stereocenters. The molecule has 1 saturated heterocycles. The van der Waals surface area contributed by atoms with E-state index in [1.165, 1.54) is 6.42 Å². The molecule has 3 rings (SSSR count). The van der Waals surface area contributed by atoms with E-state index in [9.17, 15) is 4.79 Å². The number of likely N-dealkylation sites (N-methyl/N-ethyl adjacent to an activating group) is 1. The van der Waals surface area contributed by atoms with Crippen LogP contribution in [0.1, 0.15) is 25.1 Å². The number of carbonyl (C=O) groups excluding carboxylic acids is 1. The number of amides is 1. The van der Waals surface area contributed by atoms with Crippen molar-refractivity contribution in [3.8, 4) is 0 Å². The third kappa shape index (κ3) is 3.24. The minimum absolute atomic E-state index is 0.0365. The molecular weight excluding hydrogens is 264 g/mol. The molecule has 1 aromatic heterocycles. The molecule has 0 bridgehead atoms. The number of piperidine rings is 1. The summed E-state index contributed by atoms with van der Waals surface area (Å²) >= 11 is 0. The molecule has 21 heavy (non-hydrogen) atoms. The Balaban J connectivity index is 1.52. The highest BCUT2D eigenvalue weighted by Gasteiger charge is 2.25. The number of fused-ring (bicyclic) bond motifs is 1. The van der Waals surface area contributed by atoms with Crippen molar-refractivity contribution in [2.75, 3.05) is 20.1 Å². The Morgan fingerprint density at radius 2 is 2.29 bits per heavy atom.